The number of hydrogen-bond acceptors (Lipinski definition) is 5. The first kappa shape index (κ1) is 20.1. The lowest BCUT2D eigenvalue weighted by Gasteiger charge is -2.26. The van der Waals surface area contributed by atoms with E-state index in [0.717, 1.165) is 67.4 Å². The van der Waals surface area contributed by atoms with Crippen molar-refractivity contribution >= 4 is 5.52 Å². The lowest BCUT2D eigenvalue weighted by atomic mass is 10.00. The van der Waals surface area contributed by atoms with Crippen LogP contribution < -0.4 is 0 Å². The van der Waals surface area contributed by atoms with E-state index in [4.69, 9.17) is 19.2 Å². The van der Waals surface area contributed by atoms with Crippen LogP contribution in [0.5, 0.6) is 0 Å². The highest BCUT2D eigenvalue weighted by atomic mass is 16.5. The molecule has 1 saturated carbocycles. The Kier molecular flexibility index (Phi) is 5.42. The molecule has 2 aliphatic heterocycles. The molecule has 0 N–H and O–H groups in total. The smallest absolute Gasteiger partial charge is 0.159 e. The zero-order valence-electron chi connectivity index (χ0n) is 18.0. The quantitative estimate of drug-likeness (QED) is 0.737. The largest absolute Gasteiger partial charge is 0.492 e. The molecule has 162 valence electrons. The van der Waals surface area contributed by atoms with Gasteiger partial charge in [0.25, 0.3) is 0 Å². The van der Waals surface area contributed by atoms with Crippen molar-refractivity contribution in [2.75, 3.05) is 39.5 Å². The van der Waals surface area contributed by atoms with Crippen molar-refractivity contribution in [1.29, 1.82) is 0 Å². The fourth-order valence-electron chi connectivity index (χ4n) is 4.41. The molecule has 2 fully saturated rings. The zero-order valence-corrected chi connectivity index (χ0v) is 18.0. The SMILES string of the molecule is C=C1/C(C)=C/C(OCCN2CCOCC2)=C\C=C\OC2(c3cn4cccc4cn3)CC12. The Hall–Kier alpha value is -2.83. The third kappa shape index (κ3) is 4.05. The monoisotopic (exact) mass is 419 g/mol. The van der Waals surface area contributed by atoms with Crippen LogP contribution in [0, 0.1) is 5.92 Å². The summed E-state index contributed by atoms with van der Waals surface area (Å²) >= 11 is 0. The lowest BCUT2D eigenvalue weighted by molar-refractivity contribution is 0.0281. The number of nitrogens with zero attached hydrogens (tertiary/aromatic N) is 3. The van der Waals surface area contributed by atoms with E-state index in [2.05, 4.69) is 35.1 Å². The van der Waals surface area contributed by atoms with Crippen molar-refractivity contribution in [3.8, 4) is 0 Å². The van der Waals surface area contributed by atoms with Gasteiger partial charge in [-0.25, -0.2) is 0 Å². The van der Waals surface area contributed by atoms with E-state index in [1.165, 1.54) is 0 Å². The van der Waals surface area contributed by atoms with Gasteiger partial charge in [0.15, 0.2) is 5.60 Å². The molecule has 0 aromatic carbocycles. The van der Waals surface area contributed by atoms with Gasteiger partial charge >= 0.3 is 0 Å². The van der Waals surface area contributed by atoms with E-state index in [1.54, 1.807) is 6.26 Å². The summed E-state index contributed by atoms with van der Waals surface area (Å²) < 4.78 is 19.9. The Labute approximate surface area is 183 Å². The van der Waals surface area contributed by atoms with Crippen molar-refractivity contribution in [2.45, 2.75) is 18.9 Å². The highest BCUT2D eigenvalue weighted by molar-refractivity contribution is 5.48. The van der Waals surface area contributed by atoms with E-state index in [0.29, 0.717) is 6.61 Å². The number of hydrogen-bond donors (Lipinski definition) is 0. The first-order valence-corrected chi connectivity index (χ1v) is 10.9. The summed E-state index contributed by atoms with van der Waals surface area (Å²) in [5, 5.41) is 0. The van der Waals surface area contributed by atoms with Crippen molar-refractivity contribution in [3.05, 3.63) is 84.4 Å². The molecule has 31 heavy (non-hydrogen) atoms. The van der Waals surface area contributed by atoms with Gasteiger partial charge in [-0.05, 0) is 48.4 Å². The van der Waals surface area contributed by atoms with Crippen LogP contribution in [0.1, 0.15) is 19.0 Å². The molecule has 1 aliphatic carbocycles. The van der Waals surface area contributed by atoms with E-state index in [1.807, 2.05) is 36.7 Å². The summed E-state index contributed by atoms with van der Waals surface area (Å²) in [5.74, 6) is 1.02. The molecular weight excluding hydrogens is 390 g/mol. The third-order valence-electron chi connectivity index (χ3n) is 6.44. The van der Waals surface area contributed by atoms with Crippen LogP contribution in [0.25, 0.3) is 5.52 Å². The van der Waals surface area contributed by atoms with Crippen molar-refractivity contribution in [3.63, 3.8) is 0 Å². The van der Waals surface area contributed by atoms with Crippen LogP contribution in [-0.2, 0) is 19.8 Å². The number of allylic oxidation sites excluding steroid dienone is 4. The van der Waals surface area contributed by atoms with Crippen molar-refractivity contribution < 1.29 is 14.2 Å². The number of aromatic nitrogens is 2. The number of fused-ring (bicyclic) bond motifs is 2. The first-order chi connectivity index (χ1) is 15.2. The van der Waals surface area contributed by atoms with E-state index < -0.39 is 5.60 Å². The normalized spacial score (nSPS) is 31.0. The molecule has 6 heteroatoms. The minimum absolute atomic E-state index is 0.196. The Morgan fingerprint density at radius 1 is 1.32 bits per heavy atom. The molecular formula is C25H29N3O3. The average Bonchev–Trinajstić information content (AvgIpc) is 3.34. The molecule has 2 atom stereocenters. The molecule has 1 saturated heterocycles. The number of morpholine rings is 1. The summed E-state index contributed by atoms with van der Waals surface area (Å²) in [6.07, 6.45) is 14.6. The summed E-state index contributed by atoms with van der Waals surface area (Å²) in [5.41, 5.74) is 3.75. The van der Waals surface area contributed by atoms with Crippen LogP contribution in [0.15, 0.2) is 78.7 Å². The van der Waals surface area contributed by atoms with Crippen LogP contribution in [0.3, 0.4) is 0 Å². The van der Waals surface area contributed by atoms with Gasteiger partial charge in [0.05, 0.1) is 31.2 Å². The molecule has 0 radical (unpaired) electrons. The Morgan fingerprint density at radius 2 is 2.19 bits per heavy atom. The minimum atomic E-state index is -0.455. The maximum Gasteiger partial charge on any atom is 0.159 e. The highest BCUT2D eigenvalue weighted by Crippen LogP contribution is 2.59. The number of rotatable bonds is 5. The predicted molar refractivity (Wildman–Crippen MR) is 119 cm³/mol. The molecule has 0 spiro atoms. The lowest BCUT2D eigenvalue weighted by Crippen LogP contribution is -2.38. The van der Waals surface area contributed by atoms with Crippen molar-refractivity contribution in [1.82, 2.24) is 14.3 Å². The van der Waals surface area contributed by atoms with Crippen molar-refractivity contribution in [2.24, 2.45) is 5.92 Å². The van der Waals surface area contributed by atoms with E-state index in [-0.39, 0.29) is 5.92 Å². The second-order valence-electron chi connectivity index (χ2n) is 8.43. The summed E-state index contributed by atoms with van der Waals surface area (Å²) in [7, 11) is 0. The molecule has 2 unspecified atom stereocenters. The molecule has 0 bridgehead atoms. The van der Waals surface area contributed by atoms with Gasteiger partial charge in [-0.3, -0.25) is 9.88 Å². The maximum atomic E-state index is 6.29. The molecule has 3 aliphatic rings. The second-order valence-corrected chi connectivity index (χ2v) is 8.43. The van der Waals surface area contributed by atoms with Gasteiger partial charge in [-0.15, -0.1) is 0 Å². The molecule has 2 aromatic rings. The molecule has 6 nitrogen and oxygen atoms in total. The third-order valence-corrected chi connectivity index (χ3v) is 6.44. The van der Waals surface area contributed by atoms with E-state index in [9.17, 15) is 0 Å². The Balaban J connectivity index is 1.32. The van der Waals surface area contributed by atoms with Gasteiger partial charge in [0.1, 0.15) is 18.1 Å². The Morgan fingerprint density at radius 3 is 3.06 bits per heavy atom. The molecule has 0 amide bonds. The molecule has 5 rings (SSSR count). The minimum Gasteiger partial charge on any atom is -0.492 e. The number of ether oxygens (including phenoxy) is 3. The van der Waals surface area contributed by atoms with Crippen LogP contribution in [-0.4, -0.2) is 53.7 Å². The second kappa shape index (κ2) is 8.36. The summed E-state index contributed by atoms with van der Waals surface area (Å²) in [6.45, 7) is 11.6. The standard InChI is InChI=1S/C25H29N3O3/c1-19-15-22(30-14-10-27-8-12-29-13-9-27)6-4-11-31-25(16-23(25)20(19)2)24-18-28-7-3-5-21(28)17-26-24/h3-7,11,15,17-18,23H,2,8-10,12-14,16H2,1H3/b11-4+,19-15+,22-6+. The maximum absolute atomic E-state index is 6.29. The van der Waals surface area contributed by atoms with Crippen LogP contribution in [0.2, 0.25) is 0 Å². The van der Waals surface area contributed by atoms with E-state index >= 15 is 0 Å². The van der Waals surface area contributed by atoms with Crippen LogP contribution in [0.4, 0.5) is 0 Å². The van der Waals surface area contributed by atoms with Gasteiger partial charge in [0.2, 0.25) is 0 Å². The first-order valence-electron chi connectivity index (χ1n) is 10.9. The van der Waals surface area contributed by atoms with Gasteiger partial charge in [-0.2, -0.15) is 0 Å². The molecule has 2 aromatic heterocycles. The highest BCUT2D eigenvalue weighted by Gasteiger charge is 2.60. The Bertz CT molecular complexity index is 1060. The average molecular weight is 420 g/mol. The van der Waals surface area contributed by atoms with Crippen LogP contribution >= 0.6 is 0 Å². The van der Waals surface area contributed by atoms with Gasteiger partial charge in [0, 0.05) is 44.4 Å². The van der Waals surface area contributed by atoms with Gasteiger partial charge in [-0.1, -0.05) is 6.58 Å². The summed E-state index contributed by atoms with van der Waals surface area (Å²) in [6, 6.07) is 4.07. The van der Waals surface area contributed by atoms with Gasteiger partial charge < -0.3 is 18.6 Å². The molecule has 4 heterocycles. The summed E-state index contributed by atoms with van der Waals surface area (Å²) in [4.78, 5) is 7.07. The predicted octanol–water partition coefficient (Wildman–Crippen LogP) is 3.83. The fourth-order valence-corrected chi connectivity index (χ4v) is 4.41. The zero-order chi connectivity index (χ0) is 21.3. The fraction of sp³-hybridized carbons (Fsp3) is 0.400. The topological polar surface area (TPSA) is 48.2 Å².